The molecular formula is C11H15NO2. The standard InChI is InChI=1S/C11H15NO2/c1-9(2)14-8-11(13)12-10-6-4-3-5-7-10/h3-7,9H,8H2,1-2H3,(H,12,13). The number of anilines is 1. The molecule has 0 aliphatic heterocycles. The first kappa shape index (κ1) is 10.7. The second-order valence-electron chi connectivity index (χ2n) is 3.27. The smallest absolute Gasteiger partial charge is 0.250 e. The zero-order valence-corrected chi connectivity index (χ0v) is 8.49. The lowest BCUT2D eigenvalue weighted by Crippen LogP contribution is -2.20. The maximum Gasteiger partial charge on any atom is 0.250 e. The summed E-state index contributed by atoms with van der Waals surface area (Å²) in [7, 11) is 0. The highest BCUT2D eigenvalue weighted by atomic mass is 16.5. The molecule has 0 heterocycles. The van der Waals surface area contributed by atoms with Crippen molar-refractivity contribution in [2.24, 2.45) is 0 Å². The van der Waals surface area contributed by atoms with Crippen LogP contribution in [0, 0.1) is 0 Å². The average Bonchev–Trinajstić information content (AvgIpc) is 2.16. The molecular weight excluding hydrogens is 178 g/mol. The molecule has 0 radical (unpaired) electrons. The Kier molecular flexibility index (Phi) is 4.13. The minimum Gasteiger partial charge on any atom is -0.369 e. The number of benzene rings is 1. The molecule has 0 unspecified atom stereocenters. The van der Waals surface area contributed by atoms with Gasteiger partial charge in [-0.3, -0.25) is 4.79 Å². The van der Waals surface area contributed by atoms with Gasteiger partial charge in [-0.05, 0) is 26.0 Å². The highest BCUT2D eigenvalue weighted by Gasteiger charge is 2.02. The number of amides is 1. The molecule has 3 nitrogen and oxygen atoms in total. The molecule has 1 aromatic carbocycles. The molecule has 0 saturated carbocycles. The van der Waals surface area contributed by atoms with Gasteiger partial charge in [-0.15, -0.1) is 0 Å². The van der Waals surface area contributed by atoms with E-state index in [4.69, 9.17) is 4.74 Å². The van der Waals surface area contributed by atoms with Crippen molar-refractivity contribution in [3.63, 3.8) is 0 Å². The molecule has 0 aromatic heterocycles. The number of rotatable bonds is 4. The Morgan fingerprint density at radius 3 is 2.57 bits per heavy atom. The summed E-state index contributed by atoms with van der Waals surface area (Å²) in [5.74, 6) is -0.120. The summed E-state index contributed by atoms with van der Waals surface area (Å²) in [5, 5.41) is 2.73. The molecule has 1 N–H and O–H groups in total. The van der Waals surface area contributed by atoms with Crippen molar-refractivity contribution in [2.75, 3.05) is 11.9 Å². The van der Waals surface area contributed by atoms with Crippen LogP contribution in [0.25, 0.3) is 0 Å². The second-order valence-corrected chi connectivity index (χ2v) is 3.27. The Morgan fingerprint density at radius 2 is 2.00 bits per heavy atom. The van der Waals surface area contributed by atoms with E-state index in [1.165, 1.54) is 0 Å². The van der Waals surface area contributed by atoms with Crippen LogP contribution in [0.1, 0.15) is 13.8 Å². The zero-order valence-electron chi connectivity index (χ0n) is 8.49. The molecule has 0 spiro atoms. The maximum absolute atomic E-state index is 11.3. The third-order valence-electron chi connectivity index (χ3n) is 1.61. The number of ether oxygens (including phenoxy) is 1. The molecule has 76 valence electrons. The average molecular weight is 193 g/mol. The van der Waals surface area contributed by atoms with E-state index in [-0.39, 0.29) is 18.6 Å². The van der Waals surface area contributed by atoms with E-state index in [1.807, 2.05) is 44.2 Å². The highest BCUT2D eigenvalue weighted by Crippen LogP contribution is 2.04. The Balaban J connectivity index is 2.35. The van der Waals surface area contributed by atoms with Gasteiger partial charge in [0, 0.05) is 5.69 Å². The predicted octanol–water partition coefficient (Wildman–Crippen LogP) is 2.05. The van der Waals surface area contributed by atoms with Gasteiger partial charge in [-0.2, -0.15) is 0 Å². The summed E-state index contributed by atoms with van der Waals surface area (Å²) in [6.45, 7) is 3.90. The first-order valence-electron chi connectivity index (χ1n) is 4.65. The van der Waals surface area contributed by atoms with Crippen molar-refractivity contribution in [2.45, 2.75) is 20.0 Å². The predicted molar refractivity (Wildman–Crippen MR) is 56.2 cm³/mol. The fourth-order valence-electron chi connectivity index (χ4n) is 0.961. The van der Waals surface area contributed by atoms with Crippen molar-refractivity contribution in [3.8, 4) is 0 Å². The van der Waals surface area contributed by atoms with Crippen LogP contribution in [0.2, 0.25) is 0 Å². The van der Waals surface area contributed by atoms with Gasteiger partial charge in [0.2, 0.25) is 5.91 Å². The SMILES string of the molecule is CC(C)OCC(=O)Nc1ccccc1. The molecule has 0 fully saturated rings. The zero-order chi connectivity index (χ0) is 10.4. The lowest BCUT2D eigenvalue weighted by atomic mass is 10.3. The van der Waals surface area contributed by atoms with Gasteiger partial charge in [-0.25, -0.2) is 0 Å². The number of carbonyl (C=O) groups is 1. The molecule has 1 aromatic rings. The van der Waals surface area contributed by atoms with Gasteiger partial charge < -0.3 is 10.1 Å². The molecule has 0 bridgehead atoms. The van der Waals surface area contributed by atoms with E-state index in [2.05, 4.69) is 5.32 Å². The third kappa shape index (κ3) is 4.05. The topological polar surface area (TPSA) is 38.3 Å². The van der Waals surface area contributed by atoms with Crippen LogP contribution in [0.3, 0.4) is 0 Å². The lowest BCUT2D eigenvalue weighted by molar-refractivity contribution is -0.121. The van der Waals surface area contributed by atoms with Crippen LogP contribution < -0.4 is 5.32 Å². The number of nitrogens with one attached hydrogen (secondary N) is 1. The maximum atomic E-state index is 11.3. The van der Waals surface area contributed by atoms with Gasteiger partial charge in [-0.1, -0.05) is 18.2 Å². The van der Waals surface area contributed by atoms with Crippen molar-refractivity contribution >= 4 is 11.6 Å². The van der Waals surface area contributed by atoms with Crippen LogP contribution in [0.4, 0.5) is 5.69 Å². The van der Waals surface area contributed by atoms with Gasteiger partial charge in [0.1, 0.15) is 6.61 Å². The number of hydrogen-bond acceptors (Lipinski definition) is 2. The normalized spacial score (nSPS) is 10.2. The first-order valence-corrected chi connectivity index (χ1v) is 4.65. The molecule has 14 heavy (non-hydrogen) atoms. The van der Waals surface area contributed by atoms with E-state index < -0.39 is 0 Å². The van der Waals surface area contributed by atoms with E-state index in [0.29, 0.717) is 0 Å². The molecule has 0 aliphatic carbocycles. The van der Waals surface area contributed by atoms with Gasteiger partial charge in [0.25, 0.3) is 0 Å². The van der Waals surface area contributed by atoms with Crippen LogP contribution in [-0.4, -0.2) is 18.6 Å². The van der Waals surface area contributed by atoms with Crippen LogP contribution >= 0.6 is 0 Å². The first-order chi connectivity index (χ1) is 6.68. The number of hydrogen-bond donors (Lipinski definition) is 1. The minimum absolute atomic E-state index is 0.0801. The third-order valence-corrected chi connectivity index (χ3v) is 1.61. The summed E-state index contributed by atoms with van der Waals surface area (Å²) in [6, 6.07) is 9.33. The molecule has 0 aliphatic rings. The Hall–Kier alpha value is -1.35. The summed E-state index contributed by atoms with van der Waals surface area (Å²) in [6.07, 6.45) is 0.0801. The fourth-order valence-corrected chi connectivity index (χ4v) is 0.961. The van der Waals surface area contributed by atoms with Gasteiger partial charge in [0.05, 0.1) is 6.10 Å². The van der Waals surface area contributed by atoms with E-state index in [9.17, 15) is 4.79 Å². The summed E-state index contributed by atoms with van der Waals surface area (Å²) in [4.78, 5) is 11.3. The lowest BCUT2D eigenvalue weighted by Gasteiger charge is -2.07. The quantitative estimate of drug-likeness (QED) is 0.794. The van der Waals surface area contributed by atoms with E-state index in [1.54, 1.807) is 0 Å². The van der Waals surface area contributed by atoms with Crippen LogP contribution in [-0.2, 0) is 9.53 Å². The Morgan fingerprint density at radius 1 is 1.36 bits per heavy atom. The summed E-state index contributed by atoms with van der Waals surface area (Å²) in [5.41, 5.74) is 0.796. The molecule has 1 amide bonds. The highest BCUT2D eigenvalue weighted by molar-refractivity contribution is 5.91. The Bertz CT molecular complexity index is 283. The Labute approximate surface area is 84.1 Å². The van der Waals surface area contributed by atoms with Crippen molar-refractivity contribution < 1.29 is 9.53 Å². The largest absolute Gasteiger partial charge is 0.369 e. The van der Waals surface area contributed by atoms with Gasteiger partial charge in [0.15, 0.2) is 0 Å². The number of para-hydroxylation sites is 1. The van der Waals surface area contributed by atoms with Crippen molar-refractivity contribution in [1.29, 1.82) is 0 Å². The van der Waals surface area contributed by atoms with Crippen LogP contribution in [0.15, 0.2) is 30.3 Å². The minimum atomic E-state index is -0.120. The van der Waals surface area contributed by atoms with Crippen molar-refractivity contribution in [1.82, 2.24) is 0 Å². The molecule has 1 rings (SSSR count). The van der Waals surface area contributed by atoms with E-state index in [0.717, 1.165) is 5.69 Å². The second kappa shape index (κ2) is 5.40. The summed E-state index contributed by atoms with van der Waals surface area (Å²) >= 11 is 0. The van der Waals surface area contributed by atoms with Crippen molar-refractivity contribution in [3.05, 3.63) is 30.3 Å². The van der Waals surface area contributed by atoms with Gasteiger partial charge >= 0.3 is 0 Å². The molecule has 3 heteroatoms. The molecule has 0 atom stereocenters. The summed E-state index contributed by atoms with van der Waals surface area (Å²) < 4.78 is 5.16. The van der Waals surface area contributed by atoms with E-state index >= 15 is 0 Å². The molecule has 0 saturated heterocycles. The monoisotopic (exact) mass is 193 g/mol. The number of carbonyl (C=O) groups excluding carboxylic acids is 1. The van der Waals surface area contributed by atoms with Crippen LogP contribution in [0.5, 0.6) is 0 Å². The fraction of sp³-hybridized carbons (Fsp3) is 0.364.